The minimum atomic E-state index is 0.779. The first kappa shape index (κ1) is 12.2. The van der Waals surface area contributed by atoms with Gasteiger partial charge < -0.3 is 5.32 Å². The summed E-state index contributed by atoms with van der Waals surface area (Å²) in [5.41, 5.74) is 3.29. The lowest BCUT2D eigenvalue weighted by Crippen LogP contribution is -2.40. The van der Waals surface area contributed by atoms with Crippen LogP contribution in [0.3, 0.4) is 0 Å². The van der Waals surface area contributed by atoms with Gasteiger partial charge in [0.05, 0.1) is 0 Å². The highest BCUT2D eigenvalue weighted by molar-refractivity contribution is 5.13. The summed E-state index contributed by atoms with van der Waals surface area (Å²) in [5, 5.41) is 3.91. The molecule has 2 aliphatic carbocycles. The van der Waals surface area contributed by atoms with Gasteiger partial charge in [-0.3, -0.25) is 0 Å². The molecule has 0 aromatic rings. The molecule has 2 aliphatic rings. The Morgan fingerprint density at radius 3 is 2.31 bits per heavy atom. The summed E-state index contributed by atoms with van der Waals surface area (Å²) in [6.07, 6.45) is 12.6. The van der Waals surface area contributed by atoms with Gasteiger partial charge in [-0.2, -0.15) is 0 Å². The van der Waals surface area contributed by atoms with Gasteiger partial charge in [-0.15, -0.1) is 0 Å². The van der Waals surface area contributed by atoms with Gasteiger partial charge >= 0.3 is 0 Å². The van der Waals surface area contributed by atoms with Crippen molar-refractivity contribution in [1.82, 2.24) is 5.32 Å². The Balaban J connectivity index is 1.82. The highest BCUT2D eigenvalue weighted by Gasteiger charge is 2.21. The van der Waals surface area contributed by atoms with Gasteiger partial charge in [-0.25, -0.2) is 0 Å². The first-order valence-electron chi connectivity index (χ1n) is 7.17. The van der Waals surface area contributed by atoms with Crippen molar-refractivity contribution >= 4 is 0 Å². The predicted molar refractivity (Wildman–Crippen MR) is 70.6 cm³/mol. The van der Waals surface area contributed by atoms with Crippen LogP contribution < -0.4 is 5.32 Å². The van der Waals surface area contributed by atoms with Crippen LogP contribution in [0, 0.1) is 0 Å². The third-order valence-electron chi connectivity index (χ3n) is 4.31. The van der Waals surface area contributed by atoms with Crippen molar-refractivity contribution in [2.75, 3.05) is 0 Å². The highest BCUT2D eigenvalue weighted by atomic mass is 15.0. The molecule has 16 heavy (non-hydrogen) atoms. The summed E-state index contributed by atoms with van der Waals surface area (Å²) in [6.45, 7) is 4.55. The van der Waals surface area contributed by atoms with E-state index in [1.54, 1.807) is 11.1 Å². The van der Waals surface area contributed by atoms with E-state index in [0.717, 1.165) is 12.1 Å². The quantitative estimate of drug-likeness (QED) is 0.689. The molecule has 1 nitrogen and oxygen atoms in total. The van der Waals surface area contributed by atoms with Crippen molar-refractivity contribution in [2.24, 2.45) is 0 Å². The normalized spacial score (nSPS) is 28.1. The molecule has 2 saturated carbocycles. The number of rotatable bonds is 2. The van der Waals surface area contributed by atoms with Crippen molar-refractivity contribution in [3.63, 3.8) is 0 Å². The summed E-state index contributed by atoms with van der Waals surface area (Å²) in [6, 6.07) is 1.61. The fraction of sp³-hybridized carbons (Fsp3) is 0.867. The molecule has 0 spiro atoms. The first-order chi connectivity index (χ1) is 7.75. The van der Waals surface area contributed by atoms with E-state index in [9.17, 15) is 0 Å². The molecule has 1 N–H and O–H groups in total. The van der Waals surface area contributed by atoms with Gasteiger partial charge in [-0.05, 0) is 52.4 Å². The van der Waals surface area contributed by atoms with Gasteiger partial charge in [-0.1, -0.05) is 30.4 Å². The van der Waals surface area contributed by atoms with Crippen molar-refractivity contribution < 1.29 is 0 Å². The highest BCUT2D eigenvalue weighted by Crippen LogP contribution is 2.27. The van der Waals surface area contributed by atoms with Crippen molar-refractivity contribution in [2.45, 2.75) is 83.7 Å². The lowest BCUT2D eigenvalue weighted by atomic mass is 9.86. The first-order valence-corrected chi connectivity index (χ1v) is 7.17. The Bertz CT molecular complexity index is 244. The van der Waals surface area contributed by atoms with Gasteiger partial charge in [0.15, 0.2) is 0 Å². The Morgan fingerprint density at radius 2 is 1.62 bits per heavy atom. The van der Waals surface area contributed by atoms with Gasteiger partial charge in [0, 0.05) is 12.1 Å². The van der Waals surface area contributed by atoms with Crippen LogP contribution in [-0.2, 0) is 0 Å². The molecule has 0 saturated heterocycles. The van der Waals surface area contributed by atoms with E-state index in [-0.39, 0.29) is 0 Å². The zero-order chi connectivity index (χ0) is 11.4. The van der Waals surface area contributed by atoms with E-state index in [4.69, 9.17) is 0 Å². The Morgan fingerprint density at radius 1 is 0.938 bits per heavy atom. The van der Waals surface area contributed by atoms with E-state index in [2.05, 4.69) is 19.2 Å². The van der Waals surface area contributed by atoms with Crippen LogP contribution in [0.4, 0.5) is 0 Å². The van der Waals surface area contributed by atoms with Crippen LogP contribution in [0.5, 0.6) is 0 Å². The van der Waals surface area contributed by atoms with E-state index in [1.165, 1.54) is 57.8 Å². The molecular weight excluding hydrogens is 194 g/mol. The van der Waals surface area contributed by atoms with E-state index >= 15 is 0 Å². The van der Waals surface area contributed by atoms with Crippen LogP contribution >= 0.6 is 0 Å². The van der Waals surface area contributed by atoms with Crippen molar-refractivity contribution in [3.05, 3.63) is 11.1 Å². The zero-order valence-electron chi connectivity index (χ0n) is 11.0. The molecule has 0 amide bonds. The summed E-state index contributed by atoms with van der Waals surface area (Å²) >= 11 is 0. The van der Waals surface area contributed by atoms with E-state index in [1.807, 2.05) is 0 Å². The molecule has 0 aromatic carbocycles. The van der Waals surface area contributed by atoms with Crippen LogP contribution in [0.1, 0.15) is 71.6 Å². The van der Waals surface area contributed by atoms with Gasteiger partial charge in [0.2, 0.25) is 0 Å². The topological polar surface area (TPSA) is 12.0 Å². The maximum Gasteiger partial charge on any atom is 0.0107 e. The molecule has 0 bridgehead atoms. The second-order valence-electron chi connectivity index (χ2n) is 5.90. The average molecular weight is 221 g/mol. The standard InChI is InChI=1S/C15H27N/c1-12(2)13-7-6-10-15(11-13)16-14-8-4-3-5-9-14/h14-16H,3-11H2,1-2H3. The predicted octanol–water partition coefficient (Wildman–Crippen LogP) is 4.19. The van der Waals surface area contributed by atoms with Gasteiger partial charge in [0.25, 0.3) is 0 Å². The van der Waals surface area contributed by atoms with Crippen LogP contribution in [0.15, 0.2) is 11.1 Å². The molecule has 2 fully saturated rings. The average Bonchev–Trinajstić information content (AvgIpc) is 2.30. The van der Waals surface area contributed by atoms with E-state index in [0.29, 0.717) is 0 Å². The summed E-state index contributed by atoms with van der Waals surface area (Å²) < 4.78 is 0. The molecule has 0 radical (unpaired) electrons. The molecule has 1 unspecified atom stereocenters. The molecule has 0 aliphatic heterocycles. The Hall–Kier alpha value is -0.300. The SMILES string of the molecule is CC(C)=C1CCCC(NC2CCCCC2)C1. The maximum atomic E-state index is 3.91. The number of allylic oxidation sites excluding steroid dienone is 1. The minimum Gasteiger partial charge on any atom is -0.311 e. The zero-order valence-corrected chi connectivity index (χ0v) is 11.0. The fourth-order valence-corrected chi connectivity index (χ4v) is 3.26. The third kappa shape index (κ3) is 3.35. The second kappa shape index (κ2) is 5.86. The lowest BCUT2D eigenvalue weighted by molar-refractivity contribution is 0.311. The number of nitrogens with one attached hydrogen (secondary N) is 1. The molecule has 1 atom stereocenters. The molecular formula is C15H27N. The fourth-order valence-electron chi connectivity index (χ4n) is 3.26. The van der Waals surface area contributed by atoms with Crippen molar-refractivity contribution in [1.29, 1.82) is 0 Å². The summed E-state index contributed by atoms with van der Waals surface area (Å²) in [5.74, 6) is 0. The molecule has 92 valence electrons. The summed E-state index contributed by atoms with van der Waals surface area (Å²) in [7, 11) is 0. The Kier molecular flexibility index (Phi) is 4.45. The van der Waals surface area contributed by atoms with Crippen LogP contribution in [0.25, 0.3) is 0 Å². The van der Waals surface area contributed by atoms with Gasteiger partial charge in [0.1, 0.15) is 0 Å². The Labute approximate surface area is 101 Å². The smallest absolute Gasteiger partial charge is 0.0107 e. The van der Waals surface area contributed by atoms with Crippen LogP contribution in [0.2, 0.25) is 0 Å². The minimum absolute atomic E-state index is 0.779. The molecule has 0 heterocycles. The monoisotopic (exact) mass is 221 g/mol. The van der Waals surface area contributed by atoms with Crippen molar-refractivity contribution in [3.8, 4) is 0 Å². The number of hydrogen-bond donors (Lipinski definition) is 1. The molecule has 2 rings (SSSR count). The maximum absolute atomic E-state index is 3.91. The number of hydrogen-bond acceptors (Lipinski definition) is 1. The largest absolute Gasteiger partial charge is 0.311 e. The third-order valence-corrected chi connectivity index (χ3v) is 4.31. The van der Waals surface area contributed by atoms with E-state index < -0.39 is 0 Å². The molecule has 1 heteroatoms. The molecule has 0 aromatic heterocycles. The second-order valence-corrected chi connectivity index (χ2v) is 5.90. The summed E-state index contributed by atoms with van der Waals surface area (Å²) in [4.78, 5) is 0. The lowest BCUT2D eigenvalue weighted by Gasteiger charge is -2.32. The van der Waals surface area contributed by atoms with Crippen LogP contribution in [-0.4, -0.2) is 12.1 Å².